The lowest BCUT2D eigenvalue weighted by atomic mass is 10.1. The molecule has 0 aliphatic rings. The predicted molar refractivity (Wildman–Crippen MR) is 75.6 cm³/mol. The number of halogens is 1. The largest absolute Gasteiger partial charge is 0.377 e. The van der Waals surface area contributed by atoms with E-state index >= 15 is 0 Å². The maximum absolute atomic E-state index is 12.8. The molecule has 0 spiro atoms. The molecular formula is C15H16FN3O. The molecule has 0 fully saturated rings. The van der Waals surface area contributed by atoms with E-state index < -0.39 is 0 Å². The van der Waals surface area contributed by atoms with Crippen LogP contribution in [0.2, 0.25) is 0 Å². The molecule has 1 heterocycles. The molecule has 4 nitrogen and oxygen atoms in total. The number of hydrogen-bond acceptors (Lipinski definition) is 3. The lowest BCUT2D eigenvalue weighted by Gasteiger charge is -2.15. The topological polar surface area (TPSA) is 68.0 Å². The van der Waals surface area contributed by atoms with Crippen LogP contribution in [0.1, 0.15) is 24.2 Å². The Morgan fingerprint density at radius 1 is 1.30 bits per heavy atom. The van der Waals surface area contributed by atoms with Crippen LogP contribution in [0.15, 0.2) is 42.6 Å². The van der Waals surface area contributed by atoms with E-state index in [1.807, 2.05) is 31.2 Å². The minimum absolute atomic E-state index is 0.0439. The Kier molecular flexibility index (Phi) is 4.30. The van der Waals surface area contributed by atoms with Crippen molar-refractivity contribution in [3.8, 4) is 0 Å². The highest BCUT2D eigenvalue weighted by Crippen LogP contribution is 2.18. The first-order chi connectivity index (χ1) is 9.54. The van der Waals surface area contributed by atoms with Gasteiger partial charge < -0.3 is 11.1 Å². The fraction of sp³-hybridized carbons (Fsp3) is 0.200. The van der Waals surface area contributed by atoms with Crippen molar-refractivity contribution in [3.05, 3.63) is 59.7 Å². The van der Waals surface area contributed by atoms with Crippen LogP contribution in [0.25, 0.3) is 0 Å². The standard InChI is InChI=1S/C15H16FN3O/c1-10(14-7-4-12(16)9-18-14)19-13-5-2-11(3-6-13)8-15(17)20/h2-7,9-10,19H,8H2,1H3,(H2,17,20). The second kappa shape index (κ2) is 6.14. The number of pyridine rings is 1. The number of nitrogens with one attached hydrogen (secondary N) is 1. The molecule has 1 aromatic carbocycles. The Bertz CT molecular complexity index is 581. The molecule has 0 bridgehead atoms. The molecule has 0 saturated carbocycles. The number of nitrogens with two attached hydrogens (primary N) is 1. The molecule has 2 rings (SSSR count). The zero-order chi connectivity index (χ0) is 14.5. The monoisotopic (exact) mass is 273 g/mol. The number of amides is 1. The maximum Gasteiger partial charge on any atom is 0.221 e. The predicted octanol–water partition coefficient (Wildman–Crippen LogP) is 2.42. The highest BCUT2D eigenvalue weighted by Gasteiger charge is 2.07. The number of aromatic nitrogens is 1. The molecule has 1 aromatic heterocycles. The Morgan fingerprint density at radius 3 is 2.55 bits per heavy atom. The van der Waals surface area contributed by atoms with Gasteiger partial charge in [-0.15, -0.1) is 0 Å². The summed E-state index contributed by atoms with van der Waals surface area (Å²) in [6.45, 7) is 1.94. The Labute approximate surface area is 116 Å². The van der Waals surface area contributed by atoms with Gasteiger partial charge in [-0.25, -0.2) is 4.39 Å². The van der Waals surface area contributed by atoms with Crippen LogP contribution in [-0.4, -0.2) is 10.9 Å². The van der Waals surface area contributed by atoms with Crippen molar-refractivity contribution in [1.82, 2.24) is 4.98 Å². The molecule has 0 aliphatic carbocycles. The average molecular weight is 273 g/mol. The van der Waals surface area contributed by atoms with Gasteiger partial charge in [-0.1, -0.05) is 12.1 Å². The molecule has 1 atom stereocenters. The zero-order valence-corrected chi connectivity index (χ0v) is 11.1. The second-order valence-electron chi connectivity index (χ2n) is 4.61. The smallest absolute Gasteiger partial charge is 0.221 e. The van der Waals surface area contributed by atoms with Gasteiger partial charge in [-0.2, -0.15) is 0 Å². The molecule has 3 N–H and O–H groups in total. The Hall–Kier alpha value is -2.43. The molecule has 1 amide bonds. The van der Waals surface area contributed by atoms with Crippen LogP contribution in [0.5, 0.6) is 0 Å². The minimum Gasteiger partial charge on any atom is -0.377 e. The van der Waals surface area contributed by atoms with Crippen LogP contribution in [0, 0.1) is 5.82 Å². The number of carbonyl (C=O) groups excluding carboxylic acids is 1. The highest BCUT2D eigenvalue weighted by atomic mass is 19.1. The zero-order valence-electron chi connectivity index (χ0n) is 11.1. The summed E-state index contributed by atoms with van der Waals surface area (Å²) in [5.74, 6) is -0.702. The summed E-state index contributed by atoms with van der Waals surface area (Å²) in [5, 5.41) is 3.26. The third-order valence-corrected chi connectivity index (χ3v) is 2.91. The van der Waals surface area contributed by atoms with Gasteiger partial charge in [0.15, 0.2) is 0 Å². The summed E-state index contributed by atoms with van der Waals surface area (Å²) in [6.07, 6.45) is 1.43. The molecule has 2 aromatic rings. The quantitative estimate of drug-likeness (QED) is 0.879. The van der Waals surface area contributed by atoms with Gasteiger partial charge >= 0.3 is 0 Å². The van der Waals surface area contributed by atoms with Gasteiger partial charge in [-0.3, -0.25) is 9.78 Å². The number of anilines is 1. The van der Waals surface area contributed by atoms with Crippen molar-refractivity contribution < 1.29 is 9.18 Å². The molecule has 20 heavy (non-hydrogen) atoms. The first-order valence-electron chi connectivity index (χ1n) is 6.30. The van der Waals surface area contributed by atoms with Crippen molar-refractivity contribution >= 4 is 11.6 Å². The van der Waals surface area contributed by atoms with Gasteiger partial charge in [0, 0.05) is 5.69 Å². The number of hydrogen-bond donors (Lipinski definition) is 2. The summed E-state index contributed by atoms with van der Waals surface area (Å²) in [6, 6.07) is 10.4. The van der Waals surface area contributed by atoms with E-state index in [2.05, 4.69) is 10.3 Å². The lowest BCUT2D eigenvalue weighted by molar-refractivity contribution is -0.117. The van der Waals surface area contributed by atoms with Crippen LogP contribution >= 0.6 is 0 Å². The van der Waals surface area contributed by atoms with Crippen molar-refractivity contribution in [2.24, 2.45) is 5.73 Å². The summed E-state index contributed by atoms with van der Waals surface area (Å²) in [5.41, 5.74) is 7.67. The molecule has 5 heteroatoms. The number of benzene rings is 1. The van der Waals surface area contributed by atoms with Crippen LogP contribution in [0.4, 0.5) is 10.1 Å². The van der Waals surface area contributed by atoms with Gasteiger partial charge in [0.2, 0.25) is 5.91 Å². The minimum atomic E-state index is -0.352. The van der Waals surface area contributed by atoms with Crippen LogP contribution in [-0.2, 0) is 11.2 Å². The van der Waals surface area contributed by atoms with E-state index in [0.717, 1.165) is 16.9 Å². The first-order valence-corrected chi connectivity index (χ1v) is 6.30. The maximum atomic E-state index is 12.8. The van der Waals surface area contributed by atoms with Gasteiger partial charge in [-0.05, 0) is 36.8 Å². The first kappa shape index (κ1) is 14.0. The summed E-state index contributed by atoms with van der Waals surface area (Å²) >= 11 is 0. The second-order valence-corrected chi connectivity index (χ2v) is 4.61. The third kappa shape index (κ3) is 3.78. The summed E-state index contributed by atoms with van der Waals surface area (Å²) in [4.78, 5) is 14.8. The average Bonchev–Trinajstić information content (AvgIpc) is 2.41. The number of nitrogens with zero attached hydrogens (tertiary/aromatic N) is 1. The molecule has 0 radical (unpaired) electrons. The fourth-order valence-corrected chi connectivity index (χ4v) is 1.89. The van der Waals surface area contributed by atoms with Crippen LogP contribution < -0.4 is 11.1 Å². The SMILES string of the molecule is CC(Nc1ccc(CC(N)=O)cc1)c1ccc(F)cn1. The normalized spacial score (nSPS) is 11.9. The van der Waals surface area contributed by atoms with Crippen molar-refractivity contribution in [2.45, 2.75) is 19.4 Å². The van der Waals surface area contributed by atoms with Crippen molar-refractivity contribution in [1.29, 1.82) is 0 Å². The molecule has 1 unspecified atom stereocenters. The van der Waals surface area contributed by atoms with Crippen molar-refractivity contribution in [2.75, 3.05) is 5.32 Å². The summed E-state index contributed by atoms with van der Waals surface area (Å²) in [7, 11) is 0. The van der Waals surface area contributed by atoms with E-state index in [-0.39, 0.29) is 24.2 Å². The van der Waals surface area contributed by atoms with E-state index in [1.54, 1.807) is 6.07 Å². The molecule has 0 aliphatic heterocycles. The molecule has 0 saturated heterocycles. The van der Waals surface area contributed by atoms with E-state index in [0.29, 0.717) is 0 Å². The van der Waals surface area contributed by atoms with Gasteiger partial charge in [0.1, 0.15) is 5.82 Å². The highest BCUT2D eigenvalue weighted by molar-refractivity contribution is 5.76. The third-order valence-electron chi connectivity index (χ3n) is 2.91. The lowest BCUT2D eigenvalue weighted by Crippen LogP contribution is -2.13. The van der Waals surface area contributed by atoms with Gasteiger partial charge in [0.25, 0.3) is 0 Å². The number of primary amides is 1. The molecule has 104 valence electrons. The Balaban J connectivity index is 2.02. The number of rotatable bonds is 5. The molecular weight excluding hydrogens is 257 g/mol. The van der Waals surface area contributed by atoms with E-state index in [9.17, 15) is 9.18 Å². The number of carbonyl (C=O) groups is 1. The van der Waals surface area contributed by atoms with E-state index in [4.69, 9.17) is 5.73 Å². The van der Waals surface area contributed by atoms with E-state index in [1.165, 1.54) is 12.3 Å². The van der Waals surface area contributed by atoms with Crippen LogP contribution in [0.3, 0.4) is 0 Å². The van der Waals surface area contributed by atoms with Gasteiger partial charge in [0.05, 0.1) is 24.4 Å². The Morgan fingerprint density at radius 2 is 2.00 bits per heavy atom. The summed E-state index contributed by atoms with van der Waals surface area (Å²) < 4.78 is 12.8. The fourth-order valence-electron chi connectivity index (χ4n) is 1.89. The van der Waals surface area contributed by atoms with Crippen molar-refractivity contribution in [3.63, 3.8) is 0 Å².